The topological polar surface area (TPSA) is 176 Å². The fourth-order valence-electron chi connectivity index (χ4n) is 6.20. The van der Waals surface area contributed by atoms with Crippen LogP contribution in [0.4, 0.5) is 15.9 Å². The second-order valence-corrected chi connectivity index (χ2v) is 11.9. The summed E-state index contributed by atoms with van der Waals surface area (Å²) < 4.78 is 17.3. The number of nitrogens with one attached hydrogen (secondary N) is 1. The van der Waals surface area contributed by atoms with Crippen LogP contribution in [-0.4, -0.2) is 80.9 Å². The average molecular weight is 644 g/mol. The number of hydrogen-bond donors (Lipinski definition) is 3. The molecule has 0 atom stereocenters. The number of aromatic nitrogens is 3. The number of pyridine rings is 1. The fourth-order valence-corrected chi connectivity index (χ4v) is 6.20. The van der Waals surface area contributed by atoms with E-state index in [1.807, 2.05) is 12.1 Å². The van der Waals surface area contributed by atoms with Gasteiger partial charge in [0.1, 0.15) is 17.3 Å². The molecule has 1 aliphatic carbocycles. The van der Waals surface area contributed by atoms with Crippen molar-refractivity contribution in [2.45, 2.75) is 44.3 Å². The van der Waals surface area contributed by atoms with Crippen LogP contribution in [-0.2, 0) is 16.1 Å². The number of halogens is 1. The third-order valence-electron chi connectivity index (χ3n) is 8.73. The number of carbonyl (C=O) groups excluding carboxylic acids is 1. The van der Waals surface area contributed by atoms with E-state index in [-0.39, 0.29) is 17.6 Å². The van der Waals surface area contributed by atoms with Gasteiger partial charge >= 0.3 is 5.97 Å². The summed E-state index contributed by atoms with van der Waals surface area (Å²) in [5.74, 6) is -2.81. The summed E-state index contributed by atoms with van der Waals surface area (Å²) in [4.78, 5) is 28.3. The average Bonchev–Trinajstić information content (AvgIpc) is 3.46. The first-order valence-corrected chi connectivity index (χ1v) is 15.6. The van der Waals surface area contributed by atoms with Crippen molar-refractivity contribution in [2.24, 2.45) is 0 Å². The summed E-state index contributed by atoms with van der Waals surface area (Å²) in [6.07, 6.45) is 7.08. The first kappa shape index (κ1) is 33.4. The molecule has 2 fully saturated rings. The number of rotatable bonds is 8. The Kier molecular flexibility index (Phi) is 10.7. The third kappa shape index (κ3) is 8.43. The number of aliphatic carboxylic acids is 2. The molecule has 0 bridgehead atoms. The monoisotopic (exact) mass is 643 g/mol. The van der Waals surface area contributed by atoms with Crippen LogP contribution in [0.3, 0.4) is 0 Å². The van der Waals surface area contributed by atoms with Gasteiger partial charge in [-0.25, -0.2) is 14.2 Å². The number of hydrogen-bond acceptors (Lipinski definition) is 10. The zero-order valence-corrected chi connectivity index (χ0v) is 26.1. The number of carboxylic acids is 2. The molecule has 1 saturated carbocycles. The minimum atomic E-state index is -1.51. The first-order chi connectivity index (χ1) is 22.6. The molecule has 47 heavy (non-hydrogen) atoms. The van der Waals surface area contributed by atoms with E-state index in [4.69, 9.17) is 15.9 Å². The lowest BCUT2D eigenvalue weighted by molar-refractivity contribution is -0.297. The van der Waals surface area contributed by atoms with Gasteiger partial charge < -0.3 is 36.1 Å². The molecule has 1 aliphatic heterocycles. The molecule has 4 N–H and O–H groups in total. The number of anilines is 2. The van der Waals surface area contributed by atoms with Crippen LogP contribution in [0, 0.1) is 5.82 Å². The van der Waals surface area contributed by atoms with Crippen LogP contribution in [0.2, 0.25) is 0 Å². The van der Waals surface area contributed by atoms with Crippen LogP contribution in [0.5, 0.6) is 5.75 Å². The molecule has 0 unspecified atom stereocenters. The Labute approximate surface area is 271 Å². The van der Waals surface area contributed by atoms with Crippen molar-refractivity contribution in [3.05, 3.63) is 78.3 Å². The lowest BCUT2D eigenvalue weighted by atomic mass is 9.89. The summed E-state index contributed by atoms with van der Waals surface area (Å²) in [6, 6.07) is 14.5. The quantitative estimate of drug-likeness (QED) is 0.241. The number of carbonyl (C=O) groups is 2. The van der Waals surface area contributed by atoms with Crippen molar-refractivity contribution in [1.82, 2.24) is 24.6 Å². The second-order valence-electron chi connectivity index (χ2n) is 11.9. The highest BCUT2D eigenvalue weighted by atomic mass is 19.1. The Morgan fingerprint density at radius 3 is 2.32 bits per heavy atom. The predicted molar refractivity (Wildman–Crippen MR) is 173 cm³/mol. The molecule has 12 nitrogen and oxygen atoms in total. The van der Waals surface area contributed by atoms with E-state index in [0.29, 0.717) is 47.5 Å². The molecule has 6 rings (SSSR count). The van der Waals surface area contributed by atoms with E-state index < -0.39 is 11.9 Å². The summed E-state index contributed by atoms with van der Waals surface area (Å²) in [5.41, 5.74) is 9.93. The minimum absolute atomic E-state index is 0.0437. The van der Waals surface area contributed by atoms with Gasteiger partial charge in [0.25, 0.3) is 0 Å². The van der Waals surface area contributed by atoms with Crippen LogP contribution >= 0.6 is 0 Å². The molecule has 0 radical (unpaired) electrons. The molecule has 2 aromatic heterocycles. The lowest BCUT2D eigenvalue weighted by Gasteiger charge is -2.41. The summed E-state index contributed by atoms with van der Waals surface area (Å²) >= 11 is 0. The van der Waals surface area contributed by atoms with E-state index in [1.54, 1.807) is 24.4 Å². The van der Waals surface area contributed by atoms with Crippen molar-refractivity contribution in [1.29, 1.82) is 0 Å². The van der Waals surface area contributed by atoms with Crippen molar-refractivity contribution in [3.63, 3.8) is 0 Å². The maximum atomic E-state index is 15.2. The van der Waals surface area contributed by atoms with E-state index in [1.165, 1.54) is 18.2 Å². The molecule has 0 spiro atoms. The number of nitrogens with zero attached hydrogens (tertiary/aromatic N) is 5. The van der Waals surface area contributed by atoms with E-state index in [9.17, 15) is 19.8 Å². The van der Waals surface area contributed by atoms with Gasteiger partial charge in [0.05, 0.1) is 28.6 Å². The number of piperazine rings is 1. The Hall–Kier alpha value is -5.01. The molecule has 13 heteroatoms. The van der Waals surface area contributed by atoms with Crippen molar-refractivity contribution in [3.8, 4) is 17.0 Å². The third-order valence-corrected chi connectivity index (χ3v) is 8.73. The van der Waals surface area contributed by atoms with Gasteiger partial charge in [-0.3, -0.25) is 9.58 Å². The molecule has 4 aromatic rings. The van der Waals surface area contributed by atoms with Crippen LogP contribution in [0.25, 0.3) is 22.2 Å². The Balaban J connectivity index is 0.000000483. The van der Waals surface area contributed by atoms with Crippen molar-refractivity contribution >= 4 is 34.3 Å². The molecule has 3 heterocycles. The molecular formula is C34H38FN7O5-2. The number of carboxylic acid groups (broad SMARTS) is 2. The van der Waals surface area contributed by atoms with E-state index in [2.05, 4.69) is 31.8 Å². The van der Waals surface area contributed by atoms with Crippen LogP contribution in [0.15, 0.2) is 66.9 Å². The fraction of sp³-hybridized carbons (Fsp3) is 0.353. The van der Waals surface area contributed by atoms with Gasteiger partial charge in [-0.15, -0.1) is 5.75 Å². The zero-order chi connectivity index (χ0) is 33.5. The smallest absolute Gasteiger partial charge is 0.328 e. The second kappa shape index (κ2) is 15.1. The molecule has 248 valence electrons. The maximum absolute atomic E-state index is 15.2. The van der Waals surface area contributed by atoms with Gasteiger partial charge in [0, 0.05) is 56.6 Å². The van der Waals surface area contributed by atoms with Crippen molar-refractivity contribution < 1.29 is 29.3 Å². The maximum Gasteiger partial charge on any atom is 0.328 e. The van der Waals surface area contributed by atoms with Gasteiger partial charge in [-0.1, -0.05) is 30.3 Å². The molecule has 2 aromatic carbocycles. The summed E-state index contributed by atoms with van der Waals surface area (Å²) in [6.45, 7) is 4.98. The first-order valence-electron chi connectivity index (χ1n) is 15.6. The number of nitrogens with two attached hydrogens (primary N) is 1. The standard InChI is InChI=1S/C30H36FN7O.C4H4O4/c1-36-14-16-37(17-15-36)22-5-7-23(8-6-22)38-27-12-13-33-30(32)28(27)29(35-38)21-4-11-26(25(31)18-21)34-19-20-2-9-24(39)10-3-20;5-3(6)1-2-4(7)8/h2-4,9-13,18,22-23,34,39H,5-8,14-17,19H2,1H3,(H2,32,33);1-2H,(H,5,6)(H,7,8)/p-2/b;2-1-. The zero-order valence-electron chi connectivity index (χ0n) is 26.1. The van der Waals surface area contributed by atoms with E-state index in [0.717, 1.165) is 68.3 Å². The van der Waals surface area contributed by atoms with Gasteiger partial charge in [0.2, 0.25) is 0 Å². The van der Waals surface area contributed by atoms with Gasteiger partial charge in [-0.05, 0) is 62.6 Å². The summed E-state index contributed by atoms with van der Waals surface area (Å²) in [5, 5.41) is 37.5. The highest BCUT2D eigenvalue weighted by molar-refractivity contribution is 6.00. The normalized spacial score (nSPS) is 18.9. The Morgan fingerprint density at radius 2 is 1.70 bits per heavy atom. The number of nitrogen functional groups attached to an aromatic ring is 1. The van der Waals surface area contributed by atoms with E-state index >= 15 is 4.39 Å². The largest absolute Gasteiger partial charge is 0.872 e. The minimum Gasteiger partial charge on any atom is -0.872 e. The highest BCUT2D eigenvalue weighted by Crippen LogP contribution is 2.38. The van der Waals surface area contributed by atoms with Crippen molar-refractivity contribution in [2.75, 3.05) is 44.3 Å². The van der Waals surface area contributed by atoms with Crippen LogP contribution in [0.1, 0.15) is 37.3 Å². The number of fused-ring (bicyclic) bond motifs is 1. The lowest BCUT2D eigenvalue weighted by Crippen LogP contribution is -2.49. The Morgan fingerprint density at radius 1 is 1.02 bits per heavy atom. The van der Waals surface area contributed by atoms with Crippen LogP contribution < -0.4 is 21.3 Å². The summed E-state index contributed by atoms with van der Waals surface area (Å²) in [7, 11) is 2.20. The highest BCUT2D eigenvalue weighted by Gasteiger charge is 2.30. The predicted octanol–water partition coefficient (Wildman–Crippen LogP) is 2.61. The molecule has 2 aliphatic rings. The molecule has 1 saturated heterocycles. The molecule has 0 amide bonds. The molecular weight excluding hydrogens is 605 g/mol. The van der Waals surface area contributed by atoms with Gasteiger partial charge in [0.15, 0.2) is 0 Å². The van der Waals surface area contributed by atoms with Gasteiger partial charge in [-0.2, -0.15) is 5.10 Å². The Bertz CT molecular complexity index is 1710. The number of benzene rings is 2. The number of likely N-dealkylation sites (N-methyl/N-ethyl adjacent to an activating group) is 1. The SMILES string of the molecule is CN1CCN(C2CCC(n3nc(-c4ccc(NCc5ccc([O-])cc5)c(F)c4)c4c(N)nccc43)CC2)CC1.O=C([O-])/C=C\C(=O)O.